The molecule has 0 N–H and O–H groups in total. The highest BCUT2D eigenvalue weighted by atomic mass is 32.2. The highest BCUT2D eigenvalue weighted by Gasteiger charge is 2.32. The molecule has 2 saturated heterocycles. The summed E-state index contributed by atoms with van der Waals surface area (Å²) in [6.45, 7) is 5.68. The van der Waals surface area contributed by atoms with Crippen molar-refractivity contribution in [2.24, 2.45) is 0 Å². The fourth-order valence-corrected chi connectivity index (χ4v) is 4.50. The maximum Gasteiger partial charge on any atom is 0.332 e. The number of Topliss-reactive ketones (excluding diaryl/α,β-unsaturated/α-hetero) is 1. The number of hydrogen-bond donors (Lipinski definition) is 0. The number of nitro groups is 1. The number of carbonyl (C=O) groups excluding carboxylic acids is 2. The quantitative estimate of drug-likeness (QED) is 0.274. The molecule has 1 aromatic heterocycles. The van der Waals surface area contributed by atoms with Crippen LogP contribution in [0.2, 0.25) is 0 Å². The van der Waals surface area contributed by atoms with Crippen molar-refractivity contribution in [3.8, 4) is 0 Å². The first-order valence-electron chi connectivity index (χ1n) is 9.41. The Balaban J connectivity index is 1.79. The SMILES string of the molecule is CC(=O)CC(=O)N1CCN(c2nc(C)c([N+](=O)[O-])c(N3CC[S+]([O-])CC3)n2)CC1. The van der Waals surface area contributed by atoms with Gasteiger partial charge in [0.05, 0.1) is 24.4 Å². The third kappa shape index (κ3) is 4.93. The summed E-state index contributed by atoms with van der Waals surface area (Å²) in [5.41, 5.74) is 0.147. The lowest BCUT2D eigenvalue weighted by Crippen LogP contribution is -2.49. The maximum absolute atomic E-state index is 12.1. The van der Waals surface area contributed by atoms with Crippen molar-refractivity contribution < 1.29 is 19.1 Å². The van der Waals surface area contributed by atoms with Gasteiger partial charge in [0.1, 0.15) is 23.0 Å². The average Bonchev–Trinajstić information content (AvgIpc) is 2.67. The number of aryl methyl sites for hydroxylation is 1. The van der Waals surface area contributed by atoms with Gasteiger partial charge in [0.2, 0.25) is 17.7 Å². The van der Waals surface area contributed by atoms with Gasteiger partial charge in [0.15, 0.2) is 0 Å². The lowest BCUT2D eigenvalue weighted by Gasteiger charge is -2.35. The number of aromatic nitrogens is 2. The van der Waals surface area contributed by atoms with Gasteiger partial charge in [-0.15, -0.1) is 0 Å². The Labute approximate surface area is 171 Å². The van der Waals surface area contributed by atoms with Gasteiger partial charge < -0.3 is 19.3 Å². The minimum atomic E-state index is -0.907. The number of amides is 1. The Morgan fingerprint density at radius 3 is 2.24 bits per heavy atom. The van der Waals surface area contributed by atoms with Crippen molar-refractivity contribution in [3.05, 3.63) is 15.8 Å². The van der Waals surface area contributed by atoms with Crippen LogP contribution in [0.5, 0.6) is 0 Å². The van der Waals surface area contributed by atoms with E-state index in [4.69, 9.17) is 0 Å². The van der Waals surface area contributed by atoms with Crippen LogP contribution in [-0.2, 0) is 20.8 Å². The number of anilines is 2. The summed E-state index contributed by atoms with van der Waals surface area (Å²) in [6.07, 6.45) is -0.104. The number of rotatable bonds is 5. The lowest BCUT2D eigenvalue weighted by molar-refractivity contribution is -0.385. The Morgan fingerprint density at radius 2 is 1.69 bits per heavy atom. The van der Waals surface area contributed by atoms with E-state index < -0.39 is 16.1 Å². The van der Waals surface area contributed by atoms with Crippen molar-refractivity contribution in [3.63, 3.8) is 0 Å². The van der Waals surface area contributed by atoms with Gasteiger partial charge in [0.25, 0.3) is 0 Å². The van der Waals surface area contributed by atoms with Gasteiger partial charge in [0, 0.05) is 26.2 Å². The molecule has 1 aromatic rings. The Hall–Kier alpha value is -2.47. The molecule has 0 bridgehead atoms. The standard InChI is InChI=1S/C17H24N6O5S/c1-12(24)11-14(25)20-3-5-22(6-4-20)17-18-13(2)15(23(26)27)16(19-17)21-7-9-29(28)10-8-21/h3-11H2,1-2H3. The number of nitrogens with zero attached hydrogens (tertiary/aromatic N) is 6. The summed E-state index contributed by atoms with van der Waals surface area (Å²) in [5.74, 6) is 1.18. The second-order valence-electron chi connectivity index (χ2n) is 7.12. The van der Waals surface area contributed by atoms with Crippen LogP contribution in [0.25, 0.3) is 0 Å². The molecule has 2 fully saturated rings. The number of piperazine rings is 1. The van der Waals surface area contributed by atoms with Crippen molar-refractivity contribution in [1.82, 2.24) is 14.9 Å². The summed E-state index contributed by atoms with van der Waals surface area (Å²) in [7, 11) is 0. The molecule has 0 aliphatic carbocycles. The zero-order chi connectivity index (χ0) is 21.1. The van der Waals surface area contributed by atoms with Crippen molar-refractivity contribution >= 4 is 40.3 Å². The van der Waals surface area contributed by atoms with Crippen LogP contribution < -0.4 is 9.80 Å². The Morgan fingerprint density at radius 1 is 1.07 bits per heavy atom. The number of ketones is 1. The van der Waals surface area contributed by atoms with E-state index >= 15 is 0 Å². The molecule has 0 atom stereocenters. The molecule has 2 aliphatic heterocycles. The molecule has 12 heteroatoms. The molecule has 11 nitrogen and oxygen atoms in total. The summed E-state index contributed by atoms with van der Waals surface area (Å²) in [5, 5.41) is 11.6. The highest BCUT2D eigenvalue weighted by molar-refractivity contribution is 7.91. The van der Waals surface area contributed by atoms with Crippen LogP contribution in [0.15, 0.2) is 0 Å². The minimum Gasteiger partial charge on any atom is -0.616 e. The van der Waals surface area contributed by atoms with Gasteiger partial charge in [-0.05, 0) is 13.8 Å². The predicted molar refractivity (Wildman–Crippen MR) is 108 cm³/mol. The highest BCUT2D eigenvalue weighted by Crippen LogP contribution is 2.32. The molecule has 0 saturated carbocycles. The minimum absolute atomic E-state index is 0.104. The summed E-state index contributed by atoms with van der Waals surface area (Å²) < 4.78 is 11.6. The van der Waals surface area contributed by atoms with Crippen LogP contribution in [0.4, 0.5) is 17.5 Å². The van der Waals surface area contributed by atoms with Crippen LogP contribution in [0, 0.1) is 17.0 Å². The zero-order valence-corrected chi connectivity index (χ0v) is 17.3. The smallest absolute Gasteiger partial charge is 0.332 e. The molecule has 0 aromatic carbocycles. The van der Waals surface area contributed by atoms with E-state index in [1.807, 2.05) is 4.90 Å². The molecule has 0 unspecified atom stereocenters. The number of carbonyl (C=O) groups is 2. The molecule has 2 aliphatic rings. The molecule has 0 spiro atoms. The van der Waals surface area contributed by atoms with Gasteiger partial charge in [-0.25, -0.2) is 4.98 Å². The first-order valence-corrected chi connectivity index (χ1v) is 10.9. The van der Waals surface area contributed by atoms with E-state index in [0.717, 1.165) is 0 Å². The third-order valence-electron chi connectivity index (χ3n) is 5.00. The fraction of sp³-hybridized carbons (Fsp3) is 0.647. The molecule has 3 rings (SSSR count). The summed E-state index contributed by atoms with van der Waals surface area (Å²) >= 11 is -0.907. The first kappa shape index (κ1) is 21.2. The second kappa shape index (κ2) is 8.91. The van der Waals surface area contributed by atoms with Gasteiger partial charge >= 0.3 is 5.69 Å². The van der Waals surface area contributed by atoms with Gasteiger partial charge in [-0.1, -0.05) is 11.2 Å². The molecule has 3 heterocycles. The second-order valence-corrected chi connectivity index (χ2v) is 8.82. The Bertz CT molecular complexity index is 806. The van der Waals surface area contributed by atoms with E-state index in [9.17, 15) is 24.3 Å². The van der Waals surface area contributed by atoms with Crippen molar-refractivity contribution in [2.45, 2.75) is 20.3 Å². The van der Waals surface area contributed by atoms with E-state index in [-0.39, 0.29) is 35.3 Å². The van der Waals surface area contributed by atoms with E-state index in [1.165, 1.54) is 6.92 Å². The molecule has 29 heavy (non-hydrogen) atoms. The zero-order valence-electron chi connectivity index (χ0n) is 16.5. The third-order valence-corrected chi connectivity index (χ3v) is 6.28. The van der Waals surface area contributed by atoms with Crippen LogP contribution >= 0.6 is 0 Å². The number of hydrogen-bond acceptors (Lipinski definition) is 9. The van der Waals surface area contributed by atoms with Gasteiger partial charge in [-0.3, -0.25) is 19.7 Å². The average molecular weight is 424 g/mol. The van der Waals surface area contributed by atoms with Crippen molar-refractivity contribution in [2.75, 3.05) is 60.6 Å². The van der Waals surface area contributed by atoms with Crippen LogP contribution in [0.1, 0.15) is 19.0 Å². The van der Waals surface area contributed by atoms with E-state index in [2.05, 4.69) is 9.97 Å². The van der Waals surface area contributed by atoms with Crippen LogP contribution in [0.3, 0.4) is 0 Å². The first-order chi connectivity index (χ1) is 13.8. The topological polar surface area (TPSA) is 136 Å². The molecule has 158 valence electrons. The van der Waals surface area contributed by atoms with Gasteiger partial charge in [-0.2, -0.15) is 4.98 Å². The van der Waals surface area contributed by atoms with Crippen molar-refractivity contribution in [1.29, 1.82) is 0 Å². The summed E-state index contributed by atoms with van der Waals surface area (Å²) in [6, 6.07) is 0. The maximum atomic E-state index is 12.1. The normalized spacial score (nSPS) is 18.1. The van der Waals surface area contributed by atoms with E-state index in [1.54, 1.807) is 16.7 Å². The van der Waals surface area contributed by atoms with E-state index in [0.29, 0.717) is 56.7 Å². The lowest BCUT2D eigenvalue weighted by atomic mass is 10.2. The fourth-order valence-electron chi connectivity index (χ4n) is 3.44. The molecular formula is C17H24N6O5S. The monoisotopic (exact) mass is 424 g/mol. The Kier molecular flexibility index (Phi) is 6.52. The summed E-state index contributed by atoms with van der Waals surface area (Å²) in [4.78, 5) is 48.5. The molecular weight excluding hydrogens is 400 g/mol. The largest absolute Gasteiger partial charge is 0.616 e. The molecule has 1 amide bonds. The predicted octanol–water partition coefficient (Wildman–Crippen LogP) is -0.110. The van der Waals surface area contributed by atoms with Crippen LogP contribution in [-0.4, -0.2) is 86.8 Å². The molecule has 0 radical (unpaired) electrons.